The molecule has 1 aliphatic rings. The molecule has 1 rings (SSSR count). The van der Waals surface area contributed by atoms with Gasteiger partial charge in [0.15, 0.2) is 0 Å². The molecule has 4 nitrogen and oxygen atoms in total. The van der Waals surface area contributed by atoms with Crippen molar-refractivity contribution in [1.29, 1.82) is 0 Å². The van der Waals surface area contributed by atoms with Crippen molar-refractivity contribution < 1.29 is 14.3 Å². The smallest absolute Gasteiger partial charge is 0.329 e. The Balaban J connectivity index is 1.88. The first-order valence-electron chi connectivity index (χ1n) is 11.1. The number of hydrogen-bond donors (Lipinski definition) is 1. The number of rotatable bonds is 15. The summed E-state index contributed by atoms with van der Waals surface area (Å²) in [7, 11) is 0. The second kappa shape index (κ2) is 14.1. The third-order valence-corrected chi connectivity index (χ3v) is 5.65. The molecule has 1 aliphatic heterocycles. The molecule has 1 fully saturated rings. The minimum Gasteiger partial charge on any atom is -0.461 e. The summed E-state index contributed by atoms with van der Waals surface area (Å²) in [6, 6.07) is -0.459. The largest absolute Gasteiger partial charge is 0.461 e. The third kappa shape index (κ3) is 9.59. The number of esters is 1. The van der Waals surface area contributed by atoms with Crippen LogP contribution in [0.5, 0.6) is 0 Å². The molecule has 1 saturated heterocycles. The van der Waals surface area contributed by atoms with E-state index in [9.17, 15) is 9.59 Å². The van der Waals surface area contributed by atoms with Crippen molar-refractivity contribution >= 4 is 11.9 Å². The molecule has 1 heterocycles. The van der Waals surface area contributed by atoms with Gasteiger partial charge < -0.3 is 10.1 Å². The Kier molecular flexibility index (Phi) is 12.4. The zero-order chi connectivity index (χ0) is 19.2. The summed E-state index contributed by atoms with van der Waals surface area (Å²) in [5.74, 6) is -0.252. The first kappa shape index (κ1) is 23.0. The van der Waals surface area contributed by atoms with Gasteiger partial charge >= 0.3 is 5.97 Å². The summed E-state index contributed by atoms with van der Waals surface area (Å²) in [5.41, 5.74) is 0. The zero-order valence-corrected chi connectivity index (χ0v) is 17.4. The van der Waals surface area contributed by atoms with Gasteiger partial charge in [0.25, 0.3) is 0 Å². The second-order valence-corrected chi connectivity index (χ2v) is 8.04. The predicted molar refractivity (Wildman–Crippen MR) is 107 cm³/mol. The van der Waals surface area contributed by atoms with E-state index >= 15 is 0 Å². The van der Waals surface area contributed by atoms with E-state index in [1.165, 1.54) is 70.6 Å². The lowest BCUT2D eigenvalue weighted by Gasteiger charge is -2.14. The highest BCUT2D eigenvalue weighted by Crippen LogP contribution is 2.22. The number of nitrogens with one attached hydrogen (secondary N) is 1. The van der Waals surface area contributed by atoms with Crippen LogP contribution in [0.1, 0.15) is 111 Å². The number of ether oxygens (including phenoxy) is 1. The van der Waals surface area contributed by atoms with Gasteiger partial charge in [0.2, 0.25) is 5.91 Å². The lowest BCUT2D eigenvalue weighted by atomic mass is 10.00. The number of unbranched alkanes of at least 4 members (excludes halogenated alkanes) is 12. The van der Waals surface area contributed by atoms with Crippen LogP contribution in [0.15, 0.2) is 0 Å². The third-order valence-electron chi connectivity index (χ3n) is 5.65. The molecule has 1 amide bonds. The monoisotopic (exact) mass is 367 g/mol. The fourth-order valence-corrected chi connectivity index (χ4v) is 3.59. The van der Waals surface area contributed by atoms with E-state index in [2.05, 4.69) is 12.2 Å². The van der Waals surface area contributed by atoms with Crippen LogP contribution < -0.4 is 5.32 Å². The maximum Gasteiger partial charge on any atom is 0.329 e. The number of amides is 1. The van der Waals surface area contributed by atoms with Crippen molar-refractivity contribution in [1.82, 2.24) is 5.32 Å². The van der Waals surface area contributed by atoms with Gasteiger partial charge in [-0.2, -0.15) is 0 Å². The zero-order valence-electron chi connectivity index (χ0n) is 17.4. The van der Waals surface area contributed by atoms with E-state index in [1.807, 2.05) is 13.8 Å². The van der Waals surface area contributed by atoms with E-state index in [0.29, 0.717) is 6.42 Å². The maximum absolute atomic E-state index is 12.0. The van der Waals surface area contributed by atoms with Gasteiger partial charge in [0.05, 0.1) is 0 Å². The Hall–Kier alpha value is -1.06. The van der Waals surface area contributed by atoms with Crippen LogP contribution >= 0.6 is 0 Å². The Labute approximate surface area is 160 Å². The van der Waals surface area contributed by atoms with Crippen LogP contribution in [0.3, 0.4) is 0 Å². The number of carbonyl (C=O) groups excluding carboxylic acids is 2. The van der Waals surface area contributed by atoms with Crippen LogP contribution in [0, 0.1) is 5.92 Å². The van der Waals surface area contributed by atoms with Gasteiger partial charge in [-0.1, -0.05) is 90.9 Å². The normalized spacial score (nSPS) is 22.4. The van der Waals surface area contributed by atoms with Crippen LogP contribution in [-0.2, 0) is 14.3 Å². The van der Waals surface area contributed by atoms with Gasteiger partial charge in [0.1, 0.15) is 12.1 Å². The van der Waals surface area contributed by atoms with E-state index in [0.717, 1.165) is 12.8 Å². The molecule has 0 aromatic carbocycles. The molecule has 0 aromatic heterocycles. The summed E-state index contributed by atoms with van der Waals surface area (Å²) in [6.45, 7) is 6.09. The predicted octanol–water partition coefficient (Wildman–Crippen LogP) is 5.53. The lowest BCUT2D eigenvalue weighted by Crippen LogP contribution is -2.41. The molecule has 0 aliphatic carbocycles. The molecular weight excluding hydrogens is 326 g/mol. The van der Waals surface area contributed by atoms with E-state index in [-0.39, 0.29) is 23.9 Å². The summed E-state index contributed by atoms with van der Waals surface area (Å²) in [5, 5.41) is 2.84. The van der Waals surface area contributed by atoms with E-state index < -0.39 is 6.04 Å². The SMILES string of the molecule is CCCCCCCCCCCCCCCC(=O)NC1C(=O)OC(C)C1C. The van der Waals surface area contributed by atoms with E-state index in [1.54, 1.807) is 0 Å². The highest BCUT2D eigenvalue weighted by Gasteiger charge is 2.40. The average molecular weight is 368 g/mol. The van der Waals surface area contributed by atoms with Crippen molar-refractivity contribution in [3.8, 4) is 0 Å². The fraction of sp³-hybridized carbons (Fsp3) is 0.909. The number of carbonyl (C=O) groups is 2. The van der Waals surface area contributed by atoms with Crippen LogP contribution in [-0.4, -0.2) is 24.0 Å². The van der Waals surface area contributed by atoms with Crippen molar-refractivity contribution in [2.24, 2.45) is 5.92 Å². The minimum absolute atomic E-state index is 0.0176. The highest BCUT2D eigenvalue weighted by molar-refractivity contribution is 5.86. The lowest BCUT2D eigenvalue weighted by molar-refractivity contribution is -0.143. The molecule has 0 saturated carbocycles. The Bertz CT molecular complexity index is 397. The van der Waals surface area contributed by atoms with Gasteiger partial charge in [-0.25, -0.2) is 4.79 Å². The summed E-state index contributed by atoms with van der Waals surface area (Å²) < 4.78 is 5.16. The van der Waals surface area contributed by atoms with Crippen LogP contribution in [0.25, 0.3) is 0 Å². The molecule has 4 heteroatoms. The number of hydrogen-bond acceptors (Lipinski definition) is 3. The van der Waals surface area contributed by atoms with Crippen molar-refractivity contribution in [2.45, 2.75) is 123 Å². The quantitative estimate of drug-likeness (QED) is 0.306. The molecular formula is C22H41NO3. The van der Waals surface area contributed by atoms with Gasteiger partial charge in [-0.3, -0.25) is 4.79 Å². The first-order chi connectivity index (χ1) is 12.6. The van der Waals surface area contributed by atoms with E-state index in [4.69, 9.17) is 4.74 Å². The van der Waals surface area contributed by atoms with Crippen molar-refractivity contribution in [2.75, 3.05) is 0 Å². The average Bonchev–Trinajstić information content (AvgIpc) is 2.85. The molecule has 3 unspecified atom stereocenters. The molecule has 3 atom stereocenters. The fourth-order valence-electron chi connectivity index (χ4n) is 3.59. The molecule has 0 spiro atoms. The van der Waals surface area contributed by atoms with Crippen molar-refractivity contribution in [3.05, 3.63) is 0 Å². The topological polar surface area (TPSA) is 55.4 Å². The van der Waals surface area contributed by atoms with Crippen molar-refractivity contribution in [3.63, 3.8) is 0 Å². The van der Waals surface area contributed by atoms with Gasteiger partial charge in [-0.15, -0.1) is 0 Å². The standard InChI is InChI=1S/C22H41NO3/c1-4-5-6-7-8-9-10-11-12-13-14-15-16-17-20(24)23-21-18(2)19(3)26-22(21)25/h18-19,21H,4-17H2,1-3H3,(H,23,24). The molecule has 26 heavy (non-hydrogen) atoms. The molecule has 152 valence electrons. The molecule has 0 bridgehead atoms. The van der Waals surface area contributed by atoms with Gasteiger partial charge in [-0.05, 0) is 13.3 Å². The molecule has 1 N–H and O–H groups in total. The molecule has 0 radical (unpaired) electrons. The Morgan fingerprint density at radius 1 is 0.846 bits per heavy atom. The first-order valence-corrected chi connectivity index (χ1v) is 11.1. The summed E-state index contributed by atoms with van der Waals surface area (Å²) in [4.78, 5) is 23.7. The highest BCUT2D eigenvalue weighted by atomic mass is 16.6. The minimum atomic E-state index is -0.459. The summed E-state index contributed by atoms with van der Waals surface area (Å²) in [6.07, 6.45) is 17.3. The Morgan fingerprint density at radius 3 is 1.73 bits per heavy atom. The second-order valence-electron chi connectivity index (χ2n) is 8.04. The maximum atomic E-state index is 12.0. The van der Waals surface area contributed by atoms with Crippen LogP contribution in [0.4, 0.5) is 0 Å². The Morgan fingerprint density at radius 2 is 1.31 bits per heavy atom. The van der Waals surface area contributed by atoms with Gasteiger partial charge in [0, 0.05) is 12.3 Å². The molecule has 0 aromatic rings. The van der Waals surface area contributed by atoms with Crippen LogP contribution in [0.2, 0.25) is 0 Å². The number of cyclic esters (lactones) is 1. The summed E-state index contributed by atoms with van der Waals surface area (Å²) >= 11 is 0.